The van der Waals surface area contributed by atoms with Crippen LogP contribution in [0.4, 0.5) is 5.69 Å². The van der Waals surface area contributed by atoms with Gasteiger partial charge in [0.15, 0.2) is 0 Å². The summed E-state index contributed by atoms with van der Waals surface area (Å²) in [6.07, 6.45) is 3.74. The molecule has 1 aromatic carbocycles. The lowest BCUT2D eigenvalue weighted by atomic mass is 10.1. The molecule has 0 saturated heterocycles. The van der Waals surface area contributed by atoms with E-state index in [1.54, 1.807) is 6.08 Å². The van der Waals surface area contributed by atoms with Gasteiger partial charge in [0.25, 0.3) is 5.69 Å². The number of benzene rings is 1. The molecule has 0 heterocycles. The molecule has 1 aromatic rings. The fourth-order valence-electron chi connectivity index (χ4n) is 1.52. The fraction of sp³-hybridized carbons (Fsp3) is 0.231. The number of hydrogen-bond acceptors (Lipinski definition) is 4. The second-order valence-corrected chi connectivity index (χ2v) is 4.01. The van der Waals surface area contributed by atoms with Gasteiger partial charge in [-0.05, 0) is 18.6 Å². The number of nitro groups is 1. The minimum atomic E-state index is -1.21. The highest BCUT2D eigenvalue weighted by Gasteiger charge is 2.15. The van der Waals surface area contributed by atoms with Crippen molar-refractivity contribution in [2.24, 2.45) is 0 Å². The molecule has 20 heavy (non-hydrogen) atoms. The molecule has 0 aliphatic rings. The largest absolute Gasteiger partial charge is 0.478 e. The first-order valence-corrected chi connectivity index (χ1v) is 5.84. The quantitative estimate of drug-likeness (QED) is 0.468. The van der Waals surface area contributed by atoms with Crippen molar-refractivity contribution in [1.82, 2.24) is 5.32 Å². The van der Waals surface area contributed by atoms with E-state index in [4.69, 9.17) is 5.11 Å². The molecule has 0 aromatic heterocycles. The summed E-state index contributed by atoms with van der Waals surface area (Å²) in [5.41, 5.74) is -0.0735. The maximum atomic E-state index is 10.9. The molecule has 0 spiro atoms. The van der Waals surface area contributed by atoms with Gasteiger partial charge in [-0.2, -0.15) is 0 Å². The summed E-state index contributed by atoms with van der Waals surface area (Å²) in [5.74, 6) is -1.36. The number of nitro benzene ring substituents is 1. The first-order valence-electron chi connectivity index (χ1n) is 5.84. The number of carbonyl (C=O) groups excluding carboxylic acids is 1. The summed E-state index contributed by atoms with van der Waals surface area (Å²) in [7, 11) is 0. The highest BCUT2D eigenvalue weighted by atomic mass is 16.6. The Labute approximate surface area is 115 Å². The van der Waals surface area contributed by atoms with Gasteiger partial charge >= 0.3 is 5.97 Å². The normalized spacial score (nSPS) is 10.4. The van der Waals surface area contributed by atoms with E-state index < -0.39 is 10.9 Å². The summed E-state index contributed by atoms with van der Waals surface area (Å²) in [6.45, 7) is 1.84. The highest BCUT2D eigenvalue weighted by molar-refractivity contribution is 5.89. The number of carbonyl (C=O) groups is 2. The lowest BCUT2D eigenvalue weighted by Gasteiger charge is -2.00. The summed E-state index contributed by atoms with van der Waals surface area (Å²) >= 11 is 0. The molecule has 7 heteroatoms. The summed E-state index contributed by atoms with van der Waals surface area (Å²) in [6, 6.07) is 3.72. The Morgan fingerprint density at radius 1 is 1.45 bits per heavy atom. The second kappa shape index (κ2) is 7.03. The molecule has 1 rings (SSSR count). The SMILES string of the molecule is CC(=O)NCCC=Cc1ccc(C(=O)O)cc1[N+](=O)[O-]. The number of hydrogen-bond donors (Lipinski definition) is 2. The molecule has 0 unspecified atom stereocenters. The van der Waals surface area contributed by atoms with Crippen molar-refractivity contribution < 1.29 is 19.6 Å². The maximum absolute atomic E-state index is 10.9. The Balaban J connectivity index is 2.84. The second-order valence-electron chi connectivity index (χ2n) is 4.01. The minimum Gasteiger partial charge on any atom is -0.478 e. The molecular weight excluding hydrogens is 264 g/mol. The van der Waals surface area contributed by atoms with E-state index in [0.29, 0.717) is 18.5 Å². The Morgan fingerprint density at radius 2 is 2.15 bits per heavy atom. The number of nitrogens with one attached hydrogen (secondary N) is 1. The van der Waals surface area contributed by atoms with E-state index in [2.05, 4.69) is 5.32 Å². The Kier molecular flexibility index (Phi) is 5.40. The van der Waals surface area contributed by atoms with Crippen LogP contribution in [0.15, 0.2) is 24.3 Å². The number of amides is 1. The van der Waals surface area contributed by atoms with Crippen LogP contribution in [0.2, 0.25) is 0 Å². The van der Waals surface area contributed by atoms with Gasteiger partial charge in [0, 0.05) is 19.5 Å². The van der Waals surface area contributed by atoms with E-state index in [-0.39, 0.29) is 17.2 Å². The minimum absolute atomic E-state index is 0.132. The smallest absolute Gasteiger partial charge is 0.335 e. The van der Waals surface area contributed by atoms with Gasteiger partial charge in [-0.25, -0.2) is 4.79 Å². The molecule has 0 aliphatic heterocycles. The molecule has 1 amide bonds. The highest BCUT2D eigenvalue weighted by Crippen LogP contribution is 2.22. The monoisotopic (exact) mass is 278 g/mol. The third-order valence-electron chi connectivity index (χ3n) is 2.46. The third-order valence-corrected chi connectivity index (χ3v) is 2.46. The predicted molar refractivity (Wildman–Crippen MR) is 72.4 cm³/mol. The lowest BCUT2D eigenvalue weighted by molar-refractivity contribution is -0.385. The van der Waals surface area contributed by atoms with Gasteiger partial charge in [0.2, 0.25) is 5.91 Å². The molecule has 0 bridgehead atoms. The Bertz CT molecular complexity index is 566. The Morgan fingerprint density at radius 3 is 2.70 bits per heavy atom. The molecule has 106 valence electrons. The molecule has 2 N–H and O–H groups in total. The molecule has 7 nitrogen and oxygen atoms in total. The van der Waals surface area contributed by atoms with Crippen molar-refractivity contribution in [3.05, 3.63) is 45.5 Å². The number of aromatic carboxylic acids is 1. The van der Waals surface area contributed by atoms with Crippen LogP contribution in [-0.4, -0.2) is 28.5 Å². The molecule has 0 atom stereocenters. The summed E-state index contributed by atoms with van der Waals surface area (Å²) < 4.78 is 0. The fourth-order valence-corrected chi connectivity index (χ4v) is 1.52. The molecule has 0 fully saturated rings. The maximum Gasteiger partial charge on any atom is 0.335 e. The van der Waals surface area contributed by atoms with Crippen LogP contribution in [-0.2, 0) is 4.79 Å². The van der Waals surface area contributed by atoms with E-state index >= 15 is 0 Å². The summed E-state index contributed by atoms with van der Waals surface area (Å²) in [5, 5.41) is 22.3. The van der Waals surface area contributed by atoms with Crippen molar-refractivity contribution in [3.8, 4) is 0 Å². The number of rotatable bonds is 6. The van der Waals surface area contributed by atoms with Crippen molar-refractivity contribution in [1.29, 1.82) is 0 Å². The van der Waals surface area contributed by atoms with Crippen LogP contribution >= 0.6 is 0 Å². The van der Waals surface area contributed by atoms with E-state index in [0.717, 1.165) is 6.07 Å². The van der Waals surface area contributed by atoms with Gasteiger partial charge in [-0.3, -0.25) is 14.9 Å². The summed E-state index contributed by atoms with van der Waals surface area (Å²) in [4.78, 5) is 31.7. The molecule has 0 aliphatic carbocycles. The first-order chi connectivity index (χ1) is 9.41. The zero-order valence-corrected chi connectivity index (χ0v) is 10.8. The van der Waals surface area contributed by atoms with Crippen molar-refractivity contribution >= 4 is 23.6 Å². The van der Waals surface area contributed by atoms with Gasteiger partial charge < -0.3 is 10.4 Å². The van der Waals surface area contributed by atoms with E-state index in [1.807, 2.05) is 0 Å². The van der Waals surface area contributed by atoms with Gasteiger partial charge in [-0.1, -0.05) is 12.2 Å². The van der Waals surface area contributed by atoms with Crippen molar-refractivity contribution in [2.75, 3.05) is 6.54 Å². The number of carboxylic acids is 1. The molecule has 0 saturated carbocycles. The third kappa shape index (κ3) is 4.52. The number of carboxylic acid groups (broad SMARTS) is 1. The molecule has 0 radical (unpaired) electrons. The lowest BCUT2D eigenvalue weighted by Crippen LogP contribution is -2.20. The predicted octanol–water partition coefficient (Wildman–Crippen LogP) is 1.83. The van der Waals surface area contributed by atoms with E-state index in [9.17, 15) is 19.7 Å². The zero-order chi connectivity index (χ0) is 15.1. The van der Waals surface area contributed by atoms with Crippen LogP contribution in [0.3, 0.4) is 0 Å². The van der Waals surface area contributed by atoms with Crippen LogP contribution in [0, 0.1) is 10.1 Å². The Hall–Kier alpha value is -2.70. The van der Waals surface area contributed by atoms with Crippen molar-refractivity contribution in [2.45, 2.75) is 13.3 Å². The van der Waals surface area contributed by atoms with Crippen LogP contribution in [0.5, 0.6) is 0 Å². The topological polar surface area (TPSA) is 110 Å². The van der Waals surface area contributed by atoms with Crippen LogP contribution in [0.25, 0.3) is 6.08 Å². The van der Waals surface area contributed by atoms with Gasteiger partial charge in [-0.15, -0.1) is 0 Å². The average molecular weight is 278 g/mol. The van der Waals surface area contributed by atoms with Gasteiger partial charge in [0.1, 0.15) is 0 Å². The van der Waals surface area contributed by atoms with Gasteiger partial charge in [0.05, 0.1) is 16.1 Å². The first kappa shape index (κ1) is 15.4. The van der Waals surface area contributed by atoms with Crippen LogP contribution < -0.4 is 5.32 Å². The average Bonchev–Trinajstić information content (AvgIpc) is 2.37. The molecular formula is C13H14N2O5. The van der Waals surface area contributed by atoms with E-state index in [1.165, 1.54) is 25.1 Å². The van der Waals surface area contributed by atoms with Crippen LogP contribution in [0.1, 0.15) is 29.3 Å². The standard InChI is InChI=1S/C13H14N2O5/c1-9(16)14-7-3-2-4-10-5-6-11(13(17)18)8-12(10)15(19)20/h2,4-6,8H,3,7H2,1H3,(H,14,16)(H,17,18). The number of nitrogens with zero attached hydrogens (tertiary/aromatic N) is 1. The van der Waals surface area contributed by atoms with Crippen molar-refractivity contribution in [3.63, 3.8) is 0 Å². The zero-order valence-electron chi connectivity index (χ0n) is 10.8.